The molecule has 0 bridgehead atoms. The van der Waals surface area contributed by atoms with Crippen molar-refractivity contribution in [3.05, 3.63) is 42.0 Å². The Hall–Kier alpha value is -1.39. The van der Waals surface area contributed by atoms with E-state index in [0.717, 1.165) is 43.4 Å². The number of thioether (sulfide) groups is 1. The van der Waals surface area contributed by atoms with Crippen LogP contribution >= 0.6 is 11.8 Å². The van der Waals surface area contributed by atoms with Gasteiger partial charge in [-0.2, -0.15) is 0 Å². The van der Waals surface area contributed by atoms with E-state index in [0.29, 0.717) is 23.5 Å². The van der Waals surface area contributed by atoms with Gasteiger partial charge >= 0.3 is 0 Å². The molecule has 29 heavy (non-hydrogen) atoms. The van der Waals surface area contributed by atoms with E-state index in [-0.39, 0.29) is 27.9 Å². The zero-order valence-corrected chi connectivity index (χ0v) is 18.2. The van der Waals surface area contributed by atoms with Crippen LogP contribution in [0.15, 0.2) is 46.9 Å². The molecule has 3 nitrogen and oxygen atoms in total. The number of Topliss-reactive ketones (excluding diaryl/α,β-unsaturated/α-hetero) is 1. The third-order valence-corrected chi connectivity index (χ3v) is 10.0. The van der Waals surface area contributed by atoms with Gasteiger partial charge in [-0.25, -0.2) is 0 Å². The summed E-state index contributed by atoms with van der Waals surface area (Å²) in [5.41, 5.74) is 7.88. The van der Waals surface area contributed by atoms with E-state index in [2.05, 4.69) is 26.0 Å². The number of fused-ring (bicyclic) bond motifs is 5. The van der Waals surface area contributed by atoms with Gasteiger partial charge in [0.15, 0.2) is 5.78 Å². The summed E-state index contributed by atoms with van der Waals surface area (Å²) in [7, 11) is 0. The Balaban J connectivity index is 1.48. The van der Waals surface area contributed by atoms with Crippen molar-refractivity contribution >= 4 is 23.3 Å². The topological polar surface area (TPSA) is 60.2 Å². The second-order valence-corrected chi connectivity index (χ2v) is 11.5. The van der Waals surface area contributed by atoms with Crippen LogP contribution in [0, 0.1) is 28.6 Å². The molecule has 5 rings (SSSR count). The van der Waals surface area contributed by atoms with Gasteiger partial charge in [0.1, 0.15) is 5.78 Å². The van der Waals surface area contributed by atoms with Crippen molar-refractivity contribution in [2.45, 2.75) is 68.6 Å². The fraction of sp³-hybridized carbons (Fsp3) is 0.600. The van der Waals surface area contributed by atoms with Crippen LogP contribution in [0.1, 0.15) is 52.4 Å². The monoisotopic (exact) mass is 409 g/mol. The lowest BCUT2D eigenvalue weighted by Gasteiger charge is -2.59. The Kier molecular flexibility index (Phi) is 4.60. The first-order valence-electron chi connectivity index (χ1n) is 11.1. The lowest BCUT2D eigenvalue weighted by Crippen LogP contribution is -2.58. The molecule has 0 aliphatic heterocycles. The van der Waals surface area contributed by atoms with E-state index < -0.39 is 0 Å². The number of rotatable bonds is 2. The first-order chi connectivity index (χ1) is 13.8. The lowest BCUT2D eigenvalue weighted by molar-refractivity contribution is -0.133. The lowest BCUT2D eigenvalue weighted by atomic mass is 9.46. The highest BCUT2D eigenvalue weighted by molar-refractivity contribution is 8.00. The number of benzene rings is 1. The first-order valence-corrected chi connectivity index (χ1v) is 12.0. The molecule has 1 unspecified atom stereocenters. The standard InChI is InChI=1S/C25H31NO2S/c1-24-11-10-18-23(17(24)8-9-22(24)28)19(26)12-15-13-20(27)21(14-25(15,18)2)29-16-6-4-3-5-7-16/h3-7,13,17-19,21,23H,8-12,14,26H2,1-2H3/t17-,18-,19+,21?,23-,24-,25-/m0/s1. The molecular weight excluding hydrogens is 378 g/mol. The van der Waals surface area contributed by atoms with Gasteiger partial charge in [0.25, 0.3) is 0 Å². The maximum atomic E-state index is 13.0. The number of hydrogen-bond acceptors (Lipinski definition) is 4. The SMILES string of the molecule is C[C@]12CC(Sc3ccccc3)C(=O)C=C1C[C@@H](N)[C@@H]1[C@@H]2CC[C@]2(C)C(=O)CC[C@@H]12. The smallest absolute Gasteiger partial charge is 0.168 e. The van der Waals surface area contributed by atoms with Crippen molar-refractivity contribution in [2.75, 3.05) is 0 Å². The molecule has 0 amide bonds. The molecule has 7 atom stereocenters. The Bertz CT molecular complexity index is 880. The van der Waals surface area contributed by atoms with Gasteiger partial charge in [-0.3, -0.25) is 9.59 Å². The third kappa shape index (κ3) is 2.90. The van der Waals surface area contributed by atoms with Crippen molar-refractivity contribution in [2.24, 2.45) is 34.3 Å². The predicted molar refractivity (Wildman–Crippen MR) is 117 cm³/mol. The average Bonchev–Trinajstić information content (AvgIpc) is 3.00. The zero-order valence-electron chi connectivity index (χ0n) is 17.4. The predicted octanol–water partition coefficient (Wildman–Crippen LogP) is 4.80. The molecule has 4 heteroatoms. The molecule has 0 aromatic heterocycles. The van der Waals surface area contributed by atoms with Crippen LogP contribution in [-0.4, -0.2) is 22.9 Å². The maximum absolute atomic E-state index is 13.0. The number of carbonyl (C=O) groups is 2. The third-order valence-electron chi connectivity index (χ3n) is 8.81. The summed E-state index contributed by atoms with van der Waals surface area (Å²) in [6.07, 6.45) is 7.41. The molecule has 3 saturated carbocycles. The van der Waals surface area contributed by atoms with Crippen LogP contribution < -0.4 is 5.73 Å². The largest absolute Gasteiger partial charge is 0.327 e. The van der Waals surface area contributed by atoms with E-state index in [4.69, 9.17) is 5.73 Å². The molecule has 4 aliphatic carbocycles. The average molecular weight is 410 g/mol. The van der Waals surface area contributed by atoms with E-state index in [1.54, 1.807) is 11.8 Å². The minimum Gasteiger partial charge on any atom is -0.327 e. The summed E-state index contributed by atoms with van der Waals surface area (Å²) in [4.78, 5) is 26.8. The van der Waals surface area contributed by atoms with Crippen molar-refractivity contribution in [1.29, 1.82) is 0 Å². The minimum atomic E-state index is -0.168. The molecule has 2 N–H and O–H groups in total. The number of hydrogen-bond donors (Lipinski definition) is 1. The number of nitrogens with two attached hydrogens (primary N) is 1. The summed E-state index contributed by atoms with van der Waals surface area (Å²) in [5, 5.41) is -0.0281. The maximum Gasteiger partial charge on any atom is 0.168 e. The van der Waals surface area contributed by atoms with E-state index in [1.165, 1.54) is 5.57 Å². The van der Waals surface area contributed by atoms with Crippen LogP contribution in [0.3, 0.4) is 0 Å². The molecule has 0 heterocycles. The zero-order chi connectivity index (χ0) is 20.4. The Morgan fingerprint density at radius 1 is 1.03 bits per heavy atom. The fourth-order valence-corrected chi connectivity index (χ4v) is 8.45. The Labute approximate surface area is 177 Å². The molecule has 154 valence electrons. The van der Waals surface area contributed by atoms with E-state index in [9.17, 15) is 9.59 Å². The van der Waals surface area contributed by atoms with Gasteiger partial charge in [-0.15, -0.1) is 11.8 Å². The summed E-state index contributed by atoms with van der Waals surface area (Å²) in [5.74, 6) is 2.00. The molecule has 1 aromatic rings. The van der Waals surface area contributed by atoms with Crippen molar-refractivity contribution in [3.63, 3.8) is 0 Å². The van der Waals surface area contributed by atoms with E-state index >= 15 is 0 Å². The Morgan fingerprint density at radius 3 is 2.52 bits per heavy atom. The van der Waals surface area contributed by atoms with Crippen LogP contribution in [0.25, 0.3) is 0 Å². The number of carbonyl (C=O) groups excluding carboxylic acids is 2. The normalized spacial score (nSPS) is 44.0. The van der Waals surface area contributed by atoms with Crippen molar-refractivity contribution in [1.82, 2.24) is 0 Å². The van der Waals surface area contributed by atoms with Gasteiger partial charge in [-0.1, -0.05) is 37.6 Å². The van der Waals surface area contributed by atoms with Crippen LogP contribution in [0.5, 0.6) is 0 Å². The molecule has 0 saturated heterocycles. The van der Waals surface area contributed by atoms with E-state index in [1.807, 2.05) is 24.3 Å². The van der Waals surface area contributed by atoms with Crippen LogP contribution in [0.4, 0.5) is 0 Å². The van der Waals surface area contributed by atoms with Crippen molar-refractivity contribution in [3.8, 4) is 0 Å². The molecule has 4 aliphatic rings. The summed E-state index contributed by atoms with van der Waals surface area (Å²) in [6.45, 7) is 4.58. The fourth-order valence-electron chi connectivity index (χ4n) is 7.19. The molecule has 0 spiro atoms. The Morgan fingerprint density at radius 2 is 1.76 bits per heavy atom. The quantitative estimate of drug-likeness (QED) is 0.762. The van der Waals surface area contributed by atoms with Crippen LogP contribution in [0.2, 0.25) is 0 Å². The molecular formula is C25H31NO2S. The second-order valence-electron chi connectivity index (χ2n) is 10.2. The van der Waals surface area contributed by atoms with Gasteiger partial charge in [-0.05, 0) is 73.5 Å². The second kappa shape index (κ2) is 6.81. The number of ketones is 2. The van der Waals surface area contributed by atoms with Gasteiger partial charge < -0.3 is 5.73 Å². The van der Waals surface area contributed by atoms with Gasteiger partial charge in [0.2, 0.25) is 0 Å². The first kappa shape index (κ1) is 19.6. The summed E-state index contributed by atoms with van der Waals surface area (Å²) >= 11 is 1.71. The van der Waals surface area contributed by atoms with Crippen LogP contribution in [-0.2, 0) is 9.59 Å². The molecule has 3 fully saturated rings. The highest BCUT2D eigenvalue weighted by Gasteiger charge is 2.61. The molecule has 1 aromatic carbocycles. The highest BCUT2D eigenvalue weighted by atomic mass is 32.2. The summed E-state index contributed by atoms with van der Waals surface area (Å²) < 4.78 is 0. The van der Waals surface area contributed by atoms with Crippen molar-refractivity contribution < 1.29 is 9.59 Å². The van der Waals surface area contributed by atoms with Gasteiger partial charge in [0.05, 0.1) is 5.25 Å². The summed E-state index contributed by atoms with van der Waals surface area (Å²) in [6, 6.07) is 10.3. The van der Waals surface area contributed by atoms with Gasteiger partial charge in [0, 0.05) is 22.8 Å². The highest BCUT2D eigenvalue weighted by Crippen LogP contribution is 2.64. The minimum absolute atomic E-state index is 0.0217. The molecule has 0 radical (unpaired) electrons.